The van der Waals surface area contributed by atoms with Gasteiger partial charge in [0.2, 0.25) is 5.88 Å². The van der Waals surface area contributed by atoms with E-state index in [-0.39, 0.29) is 11.5 Å². The number of aromatic nitrogens is 2. The summed E-state index contributed by atoms with van der Waals surface area (Å²) in [5.41, 5.74) is 7.35. The van der Waals surface area contributed by atoms with Gasteiger partial charge in [0, 0.05) is 46.4 Å². The van der Waals surface area contributed by atoms with Crippen molar-refractivity contribution in [3.05, 3.63) is 88.1 Å². The van der Waals surface area contributed by atoms with Crippen molar-refractivity contribution < 1.29 is 33.4 Å². The molecule has 1 aliphatic rings. The zero-order chi connectivity index (χ0) is 36.0. The lowest BCUT2D eigenvalue weighted by Crippen LogP contribution is -2.48. The van der Waals surface area contributed by atoms with Crippen molar-refractivity contribution in [2.45, 2.75) is 51.7 Å². The van der Waals surface area contributed by atoms with Gasteiger partial charge < -0.3 is 19.1 Å². The van der Waals surface area contributed by atoms with Gasteiger partial charge in [-0.05, 0) is 76.4 Å². The molecule has 2 aromatic carbocycles. The monoisotopic (exact) mass is 697 g/mol. The summed E-state index contributed by atoms with van der Waals surface area (Å²) >= 11 is 6.54. The number of amides is 3. The molecule has 0 unspecified atom stereocenters. The Morgan fingerprint density at radius 2 is 1.72 bits per heavy atom. The molecule has 1 fully saturated rings. The number of fused-ring (bicyclic) bond motifs is 1. The molecule has 0 saturated carbocycles. The zero-order valence-electron chi connectivity index (χ0n) is 28.3. The van der Waals surface area contributed by atoms with Gasteiger partial charge in [-0.15, -0.1) is 0 Å². The summed E-state index contributed by atoms with van der Waals surface area (Å²) < 4.78 is 15.4. The van der Waals surface area contributed by atoms with E-state index in [2.05, 4.69) is 27.7 Å². The molecule has 2 aromatic heterocycles. The smallest absolute Gasteiger partial charge is 0.426 e. The molecule has 13 heteroatoms. The Balaban J connectivity index is 1.35. The van der Waals surface area contributed by atoms with E-state index in [1.807, 2.05) is 12.1 Å². The van der Waals surface area contributed by atoms with E-state index in [1.165, 1.54) is 20.4 Å². The molecule has 0 spiro atoms. The SMILES string of the molecule is COC(=O)[C@@H]1CCCCN1C(=O)c1ccc(C#Cc2ccc(-c3cc(C(=O)NNC(=O)OC(C)(C)C)c4cnc(OC)cc4n3)cc2)c(Cl)c1. The molecule has 5 rings (SSSR count). The molecule has 0 radical (unpaired) electrons. The number of halogens is 1. The van der Waals surface area contributed by atoms with Gasteiger partial charge in [0.05, 0.1) is 36.0 Å². The van der Waals surface area contributed by atoms with Gasteiger partial charge in [0.25, 0.3) is 11.8 Å². The van der Waals surface area contributed by atoms with Gasteiger partial charge in [-0.3, -0.25) is 15.0 Å². The minimum atomic E-state index is -0.808. The Kier molecular flexibility index (Phi) is 10.9. The summed E-state index contributed by atoms with van der Waals surface area (Å²) in [5, 5.41) is 0.758. The van der Waals surface area contributed by atoms with Crippen LogP contribution in [0, 0.1) is 11.8 Å². The number of hydrogen-bond acceptors (Lipinski definition) is 9. The van der Waals surface area contributed by atoms with Crippen LogP contribution in [-0.2, 0) is 14.3 Å². The Morgan fingerprint density at radius 1 is 0.960 bits per heavy atom. The van der Waals surface area contributed by atoms with Crippen molar-refractivity contribution in [2.75, 3.05) is 20.8 Å². The van der Waals surface area contributed by atoms with Gasteiger partial charge in [-0.2, -0.15) is 0 Å². The highest BCUT2D eigenvalue weighted by Crippen LogP contribution is 2.27. The lowest BCUT2D eigenvalue weighted by molar-refractivity contribution is -0.147. The molecule has 12 nitrogen and oxygen atoms in total. The van der Waals surface area contributed by atoms with Crippen LogP contribution in [-0.4, -0.2) is 71.2 Å². The molecule has 3 heterocycles. The maximum Gasteiger partial charge on any atom is 0.426 e. The molecule has 4 aromatic rings. The third-order valence-electron chi connectivity index (χ3n) is 7.78. The highest BCUT2D eigenvalue weighted by atomic mass is 35.5. The predicted molar refractivity (Wildman–Crippen MR) is 186 cm³/mol. The van der Waals surface area contributed by atoms with Crippen LogP contribution in [0.5, 0.6) is 5.88 Å². The fraction of sp³-hybridized carbons (Fsp3) is 0.297. The second kappa shape index (κ2) is 15.3. The molecular formula is C37H36ClN5O7. The average Bonchev–Trinajstić information content (AvgIpc) is 3.11. The number of hydrazine groups is 1. The second-order valence-electron chi connectivity index (χ2n) is 12.4. The van der Waals surface area contributed by atoms with Crippen LogP contribution in [0.25, 0.3) is 22.2 Å². The summed E-state index contributed by atoms with van der Waals surface area (Å²) in [6, 6.07) is 14.7. The van der Waals surface area contributed by atoms with Crippen molar-refractivity contribution >= 4 is 46.4 Å². The fourth-order valence-corrected chi connectivity index (χ4v) is 5.59. The van der Waals surface area contributed by atoms with Gasteiger partial charge in [0.15, 0.2) is 0 Å². The van der Waals surface area contributed by atoms with Gasteiger partial charge in [-0.1, -0.05) is 35.6 Å². The first-order valence-corrected chi connectivity index (χ1v) is 16.2. The van der Waals surface area contributed by atoms with Gasteiger partial charge in [-0.25, -0.2) is 25.0 Å². The Hall–Kier alpha value is -5.67. The van der Waals surface area contributed by atoms with E-state index in [0.717, 1.165) is 12.8 Å². The van der Waals surface area contributed by atoms with E-state index in [9.17, 15) is 19.2 Å². The lowest BCUT2D eigenvalue weighted by Gasteiger charge is -2.33. The highest BCUT2D eigenvalue weighted by molar-refractivity contribution is 6.32. The number of rotatable bonds is 5. The Bertz CT molecular complexity index is 2020. The number of nitrogens with zero attached hydrogens (tertiary/aromatic N) is 3. The number of piperidine rings is 1. The highest BCUT2D eigenvalue weighted by Gasteiger charge is 2.33. The molecule has 1 saturated heterocycles. The molecule has 0 aliphatic carbocycles. The van der Waals surface area contributed by atoms with Crippen molar-refractivity contribution in [1.29, 1.82) is 0 Å². The largest absolute Gasteiger partial charge is 0.481 e. The molecule has 258 valence electrons. The second-order valence-corrected chi connectivity index (χ2v) is 12.8. The molecule has 3 amide bonds. The number of carbonyl (C=O) groups excluding carboxylic acids is 4. The van der Waals surface area contributed by atoms with Crippen LogP contribution in [0.15, 0.2) is 60.8 Å². The predicted octanol–water partition coefficient (Wildman–Crippen LogP) is 5.70. The van der Waals surface area contributed by atoms with Crippen LogP contribution in [0.1, 0.15) is 71.9 Å². The van der Waals surface area contributed by atoms with E-state index in [0.29, 0.717) is 62.7 Å². The van der Waals surface area contributed by atoms with Crippen molar-refractivity contribution in [2.24, 2.45) is 0 Å². The number of likely N-dealkylation sites (tertiary alicyclic amines) is 1. The van der Waals surface area contributed by atoms with Crippen LogP contribution < -0.4 is 15.6 Å². The van der Waals surface area contributed by atoms with E-state index >= 15 is 0 Å². The maximum absolute atomic E-state index is 13.3. The van der Waals surface area contributed by atoms with Crippen molar-refractivity contribution in [3.8, 4) is 29.0 Å². The summed E-state index contributed by atoms with van der Waals surface area (Å²) in [7, 11) is 2.80. The van der Waals surface area contributed by atoms with Crippen LogP contribution in [0.3, 0.4) is 0 Å². The first-order chi connectivity index (χ1) is 23.9. The van der Waals surface area contributed by atoms with Gasteiger partial charge in [0.1, 0.15) is 11.6 Å². The Labute approximate surface area is 294 Å². The van der Waals surface area contributed by atoms with E-state index < -0.39 is 29.6 Å². The molecular weight excluding hydrogens is 662 g/mol. The zero-order valence-corrected chi connectivity index (χ0v) is 29.0. The average molecular weight is 698 g/mol. The lowest BCUT2D eigenvalue weighted by atomic mass is 10.0. The number of ether oxygens (including phenoxy) is 3. The number of methoxy groups -OCH3 is 2. The molecule has 0 bridgehead atoms. The molecule has 1 atom stereocenters. The first kappa shape index (κ1) is 35.6. The molecule has 50 heavy (non-hydrogen) atoms. The first-order valence-electron chi connectivity index (χ1n) is 15.8. The molecule has 1 aliphatic heterocycles. The number of esters is 1. The number of carbonyl (C=O) groups is 4. The summed E-state index contributed by atoms with van der Waals surface area (Å²) in [5.74, 6) is 5.16. The van der Waals surface area contributed by atoms with Gasteiger partial charge >= 0.3 is 12.1 Å². The van der Waals surface area contributed by atoms with E-state index in [4.69, 9.17) is 30.8 Å². The van der Waals surface area contributed by atoms with Crippen molar-refractivity contribution in [1.82, 2.24) is 25.7 Å². The maximum atomic E-state index is 13.3. The Morgan fingerprint density at radius 3 is 2.40 bits per heavy atom. The minimum Gasteiger partial charge on any atom is -0.481 e. The minimum absolute atomic E-state index is 0.220. The summed E-state index contributed by atoms with van der Waals surface area (Å²) in [6.45, 7) is 5.60. The topological polar surface area (TPSA) is 149 Å². The molecule has 2 N–H and O–H groups in total. The summed E-state index contributed by atoms with van der Waals surface area (Å²) in [6.07, 6.45) is 2.88. The van der Waals surface area contributed by atoms with Crippen molar-refractivity contribution in [3.63, 3.8) is 0 Å². The third-order valence-corrected chi connectivity index (χ3v) is 8.09. The number of hydrogen-bond donors (Lipinski definition) is 2. The fourth-order valence-electron chi connectivity index (χ4n) is 5.36. The normalized spacial score (nSPS) is 14.2. The number of pyridine rings is 2. The quantitative estimate of drug-likeness (QED) is 0.152. The van der Waals surface area contributed by atoms with Crippen LogP contribution in [0.2, 0.25) is 5.02 Å². The standard InChI is InChI=1S/C37H36ClN5O7/c1-37(2,3)50-36(47)42-41-33(44)26-19-29(40-30-20-32(48-4)39-21-27(26)30)24-13-10-22(11-14-24)9-12-23-15-16-25(18-28(23)38)34(45)43-17-7-6-8-31(43)35(46)49-5/h10-11,13-16,18-21,31H,6-8,17H2,1-5H3,(H,41,44)(H,42,47)/t31-/m0/s1. The summed E-state index contributed by atoms with van der Waals surface area (Å²) in [4.78, 5) is 61.3. The van der Waals surface area contributed by atoms with Crippen LogP contribution >= 0.6 is 11.6 Å². The number of nitrogens with one attached hydrogen (secondary N) is 2. The van der Waals surface area contributed by atoms with E-state index in [1.54, 1.807) is 68.1 Å². The van der Waals surface area contributed by atoms with Crippen LogP contribution in [0.4, 0.5) is 4.79 Å². The third kappa shape index (κ3) is 8.48. The number of benzene rings is 2.